The normalized spacial score (nSPS) is 19.9. The average Bonchev–Trinajstić information content (AvgIpc) is 3.42. The minimum atomic E-state index is -0.515. The number of aromatic nitrogens is 2. The largest absolute Gasteiger partial charge is 0.390 e. The summed E-state index contributed by atoms with van der Waals surface area (Å²) in [4.78, 5) is 23.6. The van der Waals surface area contributed by atoms with Crippen LogP contribution in [0.4, 0.5) is 10.2 Å². The van der Waals surface area contributed by atoms with Gasteiger partial charge in [0.2, 0.25) is 6.41 Å². The molecule has 1 aliphatic heterocycles. The lowest BCUT2D eigenvalue weighted by molar-refractivity contribution is -0.106. The van der Waals surface area contributed by atoms with E-state index in [9.17, 15) is 4.39 Å². The van der Waals surface area contributed by atoms with Gasteiger partial charge in [-0.25, -0.2) is 14.4 Å². The van der Waals surface area contributed by atoms with Crippen LogP contribution >= 0.6 is 11.3 Å². The van der Waals surface area contributed by atoms with Crippen LogP contribution in [0.2, 0.25) is 0 Å². The molecule has 3 aromatic rings. The van der Waals surface area contributed by atoms with Gasteiger partial charge in [-0.15, -0.1) is 11.3 Å². The molecule has 0 aliphatic carbocycles. The number of carbonyl (C=O) groups excluding carboxylic acids is 1. The maximum atomic E-state index is 13.2. The maximum absolute atomic E-state index is 13.2. The van der Waals surface area contributed by atoms with Gasteiger partial charge in [0.15, 0.2) is 0 Å². The van der Waals surface area contributed by atoms with Gasteiger partial charge in [-0.3, -0.25) is 9.78 Å². The molecular weight excluding hydrogens is 429 g/mol. The Hall–Kier alpha value is -3.68. The number of carbonyl (C=O) groups is 1. The van der Waals surface area contributed by atoms with Crippen molar-refractivity contribution in [1.29, 1.82) is 5.26 Å². The average molecular weight is 452 g/mol. The number of nitrogens with two attached hydrogens (primary N) is 2. The molecule has 0 aromatic carbocycles. The number of hydrogen-bond acceptors (Lipinski definition) is 7. The molecule has 1 fully saturated rings. The van der Waals surface area contributed by atoms with Crippen LogP contribution in [0, 0.1) is 23.1 Å². The first kappa shape index (κ1) is 23.0. The zero-order valence-corrected chi connectivity index (χ0v) is 18.2. The van der Waals surface area contributed by atoms with Crippen LogP contribution in [0.1, 0.15) is 17.4 Å². The molecule has 8 nitrogen and oxygen atoms in total. The molecular formula is C22H22FN7OS. The molecule has 1 aliphatic rings. The van der Waals surface area contributed by atoms with Gasteiger partial charge in [-0.05, 0) is 41.1 Å². The van der Waals surface area contributed by atoms with Crippen molar-refractivity contribution in [3.8, 4) is 17.2 Å². The smallest absolute Gasteiger partial charge is 0.234 e. The van der Waals surface area contributed by atoms with E-state index in [0.717, 1.165) is 34.7 Å². The summed E-state index contributed by atoms with van der Waals surface area (Å²) in [6.07, 6.45) is 5.85. The Balaban J connectivity index is 0.000000523. The first-order valence-corrected chi connectivity index (χ1v) is 10.6. The molecule has 4 heterocycles. The Labute approximate surface area is 189 Å². The zero-order valence-electron chi connectivity index (χ0n) is 17.4. The molecule has 0 radical (unpaired) electrons. The Kier molecular flexibility index (Phi) is 7.25. The van der Waals surface area contributed by atoms with Crippen molar-refractivity contribution in [3.63, 3.8) is 0 Å². The van der Waals surface area contributed by atoms with Gasteiger partial charge in [0.05, 0.1) is 23.6 Å². The quantitative estimate of drug-likeness (QED) is 0.354. The van der Waals surface area contributed by atoms with Crippen molar-refractivity contribution in [1.82, 2.24) is 9.97 Å². The number of thiophene rings is 1. The van der Waals surface area contributed by atoms with Crippen LogP contribution in [-0.4, -0.2) is 35.8 Å². The van der Waals surface area contributed by atoms with Crippen molar-refractivity contribution in [2.24, 2.45) is 22.4 Å². The second-order valence-electron chi connectivity index (χ2n) is 7.33. The van der Waals surface area contributed by atoms with Crippen molar-refractivity contribution >= 4 is 29.9 Å². The first-order valence-electron chi connectivity index (χ1n) is 9.68. The molecule has 1 amide bonds. The first-order chi connectivity index (χ1) is 15.4. The van der Waals surface area contributed by atoms with E-state index in [1.54, 1.807) is 29.8 Å². The van der Waals surface area contributed by atoms with E-state index in [0.29, 0.717) is 18.5 Å². The van der Waals surface area contributed by atoms with Crippen LogP contribution in [0.25, 0.3) is 11.1 Å². The van der Waals surface area contributed by atoms with E-state index in [2.05, 4.69) is 44.7 Å². The molecule has 0 bridgehead atoms. The fourth-order valence-corrected chi connectivity index (χ4v) is 4.64. The lowest BCUT2D eigenvalue weighted by Gasteiger charge is -2.27. The molecule has 4 rings (SSSR count). The lowest BCUT2D eigenvalue weighted by Crippen LogP contribution is -2.43. The summed E-state index contributed by atoms with van der Waals surface area (Å²) in [6, 6.07) is 9.14. The molecule has 32 heavy (non-hydrogen) atoms. The third kappa shape index (κ3) is 4.96. The minimum Gasteiger partial charge on any atom is -0.390 e. The number of rotatable bonds is 4. The number of hydrogen-bond donors (Lipinski definition) is 2. The third-order valence-corrected chi connectivity index (χ3v) is 6.39. The van der Waals surface area contributed by atoms with Gasteiger partial charge in [0, 0.05) is 35.9 Å². The van der Waals surface area contributed by atoms with E-state index in [1.807, 2.05) is 11.4 Å². The molecule has 1 saturated heterocycles. The van der Waals surface area contributed by atoms with Crippen molar-refractivity contribution in [2.75, 3.05) is 18.0 Å². The van der Waals surface area contributed by atoms with Crippen molar-refractivity contribution < 1.29 is 9.18 Å². The summed E-state index contributed by atoms with van der Waals surface area (Å²) in [7, 11) is 0. The fourth-order valence-electron chi connectivity index (χ4n) is 3.51. The molecule has 4 N–H and O–H groups in total. The summed E-state index contributed by atoms with van der Waals surface area (Å²) in [5, 5.41) is 11.1. The Morgan fingerprint density at radius 3 is 2.78 bits per heavy atom. The highest BCUT2D eigenvalue weighted by atomic mass is 32.1. The van der Waals surface area contributed by atoms with Crippen LogP contribution in [-0.2, 0) is 10.3 Å². The molecule has 3 aromatic heterocycles. The Bertz CT molecular complexity index is 1140. The van der Waals surface area contributed by atoms with Gasteiger partial charge in [0.1, 0.15) is 17.7 Å². The summed E-state index contributed by atoms with van der Waals surface area (Å²) < 4.78 is 13.2. The Morgan fingerprint density at radius 1 is 1.34 bits per heavy atom. The number of nitrogens with zero attached hydrogens (tertiary/aromatic N) is 5. The number of anilines is 1. The van der Waals surface area contributed by atoms with E-state index in [-0.39, 0.29) is 11.7 Å². The molecule has 0 spiro atoms. The van der Waals surface area contributed by atoms with Gasteiger partial charge < -0.3 is 16.4 Å². The highest BCUT2D eigenvalue weighted by Crippen LogP contribution is 2.40. The number of nitriles is 1. The molecule has 10 heteroatoms. The Morgan fingerprint density at radius 2 is 2.16 bits per heavy atom. The van der Waals surface area contributed by atoms with Gasteiger partial charge in [-0.2, -0.15) is 5.26 Å². The minimum absolute atomic E-state index is 0.208. The predicted octanol–water partition coefficient (Wildman–Crippen LogP) is 2.66. The van der Waals surface area contributed by atoms with Crippen LogP contribution in [0.15, 0.2) is 53.2 Å². The topological polar surface area (TPSA) is 134 Å². The van der Waals surface area contributed by atoms with E-state index < -0.39 is 5.54 Å². The second kappa shape index (κ2) is 10.1. The highest BCUT2D eigenvalue weighted by Gasteiger charge is 2.43. The highest BCUT2D eigenvalue weighted by molar-refractivity contribution is 7.10. The zero-order chi connectivity index (χ0) is 23.1. The standard InChI is InChI=1S/C20H18FN5S.C2H4N2O/c1-13-10-26(19-3-2-17(21)9-25-19)12-20(13,23)18-5-16(11-27-18)15-4-14(6-22)7-24-8-15;3-1-4-2-5/h2-5,7-9,11,13H,10,12,23H2,1H3;1-2H,(H2,3,4,5). The molecule has 0 saturated carbocycles. The number of pyridine rings is 2. The van der Waals surface area contributed by atoms with E-state index in [1.165, 1.54) is 12.3 Å². The summed E-state index contributed by atoms with van der Waals surface area (Å²) in [6.45, 7) is 3.50. The van der Waals surface area contributed by atoms with E-state index in [4.69, 9.17) is 15.8 Å². The van der Waals surface area contributed by atoms with Crippen molar-refractivity contribution in [2.45, 2.75) is 12.5 Å². The molecule has 2 unspecified atom stereocenters. The number of halogens is 1. The predicted molar refractivity (Wildman–Crippen MR) is 122 cm³/mol. The third-order valence-electron chi connectivity index (χ3n) is 5.27. The van der Waals surface area contributed by atoms with Gasteiger partial charge in [0.25, 0.3) is 0 Å². The van der Waals surface area contributed by atoms with Crippen LogP contribution < -0.4 is 16.4 Å². The van der Waals surface area contributed by atoms with Gasteiger partial charge in [-0.1, -0.05) is 6.92 Å². The molecule has 2 atom stereocenters. The van der Waals surface area contributed by atoms with Gasteiger partial charge >= 0.3 is 0 Å². The summed E-state index contributed by atoms with van der Waals surface area (Å²) >= 11 is 1.61. The fraction of sp³-hybridized carbons (Fsp3) is 0.227. The maximum Gasteiger partial charge on any atom is 0.234 e. The SMILES string of the molecule is CC1CN(c2ccc(F)cn2)CC1(N)c1cc(-c2cncc(C#N)c2)cs1.NC=NC=O. The molecule has 164 valence electrons. The van der Waals surface area contributed by atoms with Crippen LogP contribution in [0.3, 0.4) is 0 Å². The number of aliphatic imine (C=N–C) groups is 1. The number of amides is 1. The summed E-state index contributed by atoms with van der Waals surface area (Å²) in [5.74, 6) is 0.596. The summed E-state index contributed by atoms with van der Waals surface area (Å²) in [5.41, 5.74) is 13.4. The van der Waals surface area contributed by atoms with Crippen LogP contribution in [0.5, 0.6) is 0 Å². The van der Waals surface area contributed by atoms with Crippen molar-refractivity contribution in [3.05, 3.63) is 64.5 Å². The second-order valence-corrected chi connectivity index (χ2v) is 8.25. The monoisotopic (exact) mass is 451 g/mol. The lowest BCUT2D eigenvalue weighted by atomic mass is 9.87. The van der Waals surface area contributed by atoms with E-state index >= 15 is 0 Å².